The fourth-order valence-electron chi connectivity index (χ4n) is 3.20. The van der Waals surface area contributed by atoms with Crippen LogP contribution in [0.4, 0.5) is 5.69 Å². The number of amides is 1. The Morgan fingerprint density at radius 1 is 0.971 bits per heavy atom. The molecule has 0 aliphatic rings. The third-order valence-electron chi connectivity index (χ3n) is 4.92. The molecule has 0 aromatic heterocycles. The normalized spacial score (nSPS) is 10.8. The SMILES string of the molecule is CCOc1cc(/C=C(\C#N)C(=O)Nc2ccc(Cl)cc2)ccc1OCc1cc(OC)ccc1OC. The van der Waals surface area contributed by atoms with Crippen molar-refractivity contribution in [3.8, 4) is 29.1 Å². The summed E-state index contributed by atoms with van der Waals surface area (Å²) in [7, 11) is 3.19. The fourth-order valence-corrected chi connectivity index (χ4v) is 3.33. The van der Waals surface area contributed by atoms with Crippen LogP contribution in [0.1, 0.15) is 18.1 Å². The molecular weight excluding hydrogens is 468 g/mol. The van der Waals surface area contributed by atoms with E-state index in [2.05, 4.69) is 5.32 Å². The molecule has 0 bridgehead atoms. The van der Waals surface area contributed by atoms with Gasteiger partial charge in [0.05, 0.1) is 20.8 Å². The lowest BCUT2D eigenvalue weighted by molar-refractivity contribution is -0.112. The maximum absolute atomic E-state index is 12.6. The molecule has 3 aromatic carbocycles. The minimum absolute atomic E-state index is 0.0582. The average molecular weight is 493 g/mol. The van der Waals surface area contributed by atoms with E-state index < -0.39 is 5.91 Å². The molecule has 0 aliphatic carbocycles. The van der Waals surface area contributed by atoms with Crippen LogP contribution in [0.3, 0.4) is 0 Å². The number of carbonyl (C=O) groups is 1. The lowest BCUT2D eigenvalue weighted by atomic mass is 10.1. The standard InChI is InChI=1S/C27H25ClN2O5/c1-4-34-26-14-18(13-19(16-29)27(31)30-22-8-6-21(28)7-9-22)5-11-25(26)35-17-20-15-23(32-2)10-12-24(20)33-3/h5-15H,4,17H2,1-3H3,(H,30,31)/b19-13+. The van der Waals surface area contributed by atoms with E-state index in [0.717, 1.165) is 5.56 Å². The summed E-state index contributed by atoms with van der Waals surface area (Å²) in [5.74, 6) is 1.83. The van der Waals surface area contributed by atoms with Gasteiger partial charge in [0.2, 0.25) is 0 Å². The van der Waals surface area contributed by atoms with Crippen molar-refractivity contribution in [1.29, 1.82) is 5.26 Å². The maximum Gasteiger partial charge on any atom is 0.266 e. The van der Waals surface area contributed by atoms with Gasteiger partial charge >= 0.3 is 0 Å². The molecule has 0 unspecified atom stereocenters. The predicted molar refractivity (Wildman–Crippen MR) is 135 cm³/mol. The first-order chi connectivity index (χ1) is 17.0. The van der Waals surface area contributed by atoms with Gasteiger partial charge in [-0.25, -0.2) is 0 Å². The van der Waals surface area contributed by atoms with Crippen molar-refractivity contribution < 1.29 is 23.7 Å². The second-order valence-electron chi connectivity index (χ2n) is 7.24. The minimum atomic E-state index is -0.529. The van der Waals surface area contributed by atoms with Gasteiger partial charge in [0.15, 0.2) is 11.5 Å². The van der Waals surface area contributed by atoms with Crippen LogP contribution in [-0.2, 0) is 11.4 Å². The summed E-state index contributed by atoms with van der Waals surface area (Å²) in [6.07, 6.45) is 1.49. The van der Waals surface area contributed by atoms with Gasteiger partial charge in [-0.1, -0.05) is 17.7 Å². The molecule has 35 heavy (non-hydrogen) atoms. The Bertz CT molecular complexity index is 1250. The summed E-state index contributed by atoms with van der Waals surface area (Å²) in [5.41, 5.74) is 1.90. The molecule has 7 nitrogen and oxygen atoms in total. The number of benzene rings is 3. The number of rotatable bonds is 10. The maximum atomic E-state index is 12.6. The van der Waals surface area contributed by atoms with Crippen molar-refractivity contribution in [2.75, 3.05) is 26.1 Å². The van der Waals surface area contributed by atoms with Crippen LogP contribution in [0.2, 0.25) is 5.02 Å². The Morgan fingerprint density at radius 3 is 2.37 bits per heavy atom. The summed E-state index contributed by atoms with van der Waals surface area (Å²) >= 11 is 5.87. The van der Waals surface area contributed by atoms with Crippen LogP contribution in [0.5, 0.6) is 23.0 Å². The molecule has 0 saturated heterocycles. The number of nitrogens with zero attached hydrogens (tertiary/aromatic N) is 1. The molecule has 0 heterocycles. The number of hydrogen-bond acceptors (Lipinski definition) is 6. The minimum Gasteiger partial charge on any atom is -0.497 e. The molecule has 0 fully saturated rings. The van der Waals surface area contributed by atoms with Crippen molar-refractivity contribution >= 4 is 29.3 Å². The first kappa shape index (κ1) is 25.5. The molecule has 3 rings (SSSR count). The van der Waals surface area contributed by atoms with E-state index in [4.69, 9.17) is 30.5 Å². The molecule has 0 spiro atoms. The zero-order valence-electron chi connectivity index (χ0n) is 19.6. The van der Waals surface area contributed by atoms with E-state index in [1.807, 2.05) is 31.2 Å². The van der Waals surface area contributed by atoms with Gasteiger partial charge in [-0.2, -0.15) is 5.26 Å². The summed E-state index contributed by atoms with van der Waals surface area (Å²) in [6, 6.07) is 19.2. The van der Waals surface area contributed by atoms with Crippen molar-refractivity contribution in [1.82, 2.24) is 0 Å². The smallest absolute Gasteiger partial charge is 0.266 e. The Morgan fingerprint density at radius 2 is 1.71 bits per heavy atom. The molecule has 180 valence electrons. The number of hydrogen-bond donors (Lipinski definition) is 1. The first-order valence-electron chi connectivity index (χ1n) is 10.8. The van der Waals surface area contributed by atoms with Gasteiger partial charge in [-0.15, -0.1) is 0 Å². The largest absolute Gasteiger partial charge is 0.497 e. The number of nitrogens with one attached hydrogen (secondary N) is 1. The van der Waals surface area contributed by atoms with Crippen LogP contribution >= 0.6 is 11.6 Å². The van der Waals surface area contributed by atoms with Crippen molar-refractivity contribution in [3.05, 3.63) is 82.4 Å². The molecule has 3 aromatic rings. The topological polar surface area (TPSA) is 89.8 Å². The van der Waals surface area contributed by atoms with E-state index >= 15 is 0 Å². The quantitative estimate of drug-likeness (QED) is 0.281. The van der Waals surface area contributed by atoms with Crippen LogP contribution < -0.4 is 24.3 Å². The van der Waals surface area contributed by atoms with E-state index in [9.17, 15) is 10.1 Å². The zero-order valence-corrected chi connectivity index (χ0v) is 20.4. The van der Waals surface area contributed by atoms with Crippen LogP contribution in [0, 0.1) is 11.3 Å². The van der Waals surface area contributed by atoms with Gasteiger partial charge < -0.3 is 24.3 Å². The highest BCUT2D eigenvalue weighted by atomic mass is 35.5. The lowest BCUT2D eigenvalue weighted by Gasteiger charge is -2.15. The van der Waals surface area contributed by atoms with Crippen LogP contribution in [0.25, 0.3) is 6.08 Å². The summed E-state index contributed by atoms with van der Waals surface area (Å²) in [6.45, 7) is 2.49. The van der Waals surface area contributed by atoms with Crippen LogP contribution in [0.15, 0.2) is 66.2 Å². The molecular formula is C27H25ClN2O5. The van der Waals surface area contributed by atoms with E-state index in [-0.39, 0.29) is 12.2 Å². The second kappa shape index (κ2) is 12.4. The van der Waals surface area contributed by atoms with E-state index in [1.165, 1.54) is 6.08 Å². The summed E-state index contributed by atoms with van der Waals surface area (Å²) in [5, 5.41) is 12.8. The number of methoxy groups -OCH3 is 2. The number of halogens is 1. The third kappa shape index (κ3) is 6.92. The average Bonchev–Trinajstić information content (AvgIpc) is 2.88. The van der Waals surface area contributed by atoms with Crippen molar-refractivity contribution in [3.63, 3.8) is 0 Å². The summed E-state index contributed by atoms with van der Waals surface area (Å²) < 4.78 is 22.4. The third-order valence-corrected chi connectivity index (χ3v) is 5.17. The predicted octanol–water partition coefficient (Wildman–Crippen LogP) is 5.88. The molecule has 0 atom stereocenters. The number of nitriles is 1. The second-order valence-corrected chi connectivity index (χ2v) is 7.67. The van der Waals surface area contributed by atoms with Crippen molar-refractivity contribution in [2.45, 2.75) is 13.5 Å². The molecule has 0 radical (unpaired) electrons. The monoisotopic (exact) mass is 492 g/mol. The molecule has 1 N–H and O–H groups in total. The highest BCUT2D eigenvalue weighted by molar-refractivity contribution is 6.30. The highest BCUT2D eigenvalue weighted by Gasteiger charge is 2.13. The zero-order chi connectivity index (χ0) is 25.2. The summed E-state index contributed by atoms with van der Waals surface area (Å²) in [4.78, 5) is 12.6. The Hall–Kier alpha value is -4.15. The number of anilines is 1. The van der Waals surface area contributed by atoms with E-state index in [0.29, 0.717) is 45.9 Å². The van der Waals surface area contributed by atoms with Gasteiger partial charge in [-0.05, 0) is 73.2 Å². The lowest BCUT2D eigenvalue weighted by Crippen LogP contribution is -2.13. The van der Waals surface area contributed by atoms with E-state index in [1.54, 1.807) is 56.7 Å². The fraction of sp³-hybridized carbons (Fsp3) is 0.185. The Kier molecular flexibility index (Phi) is 8.99. The van der Waals surface area contributed by atoms with Crippen LogP contribution in [-0.4, -0.2) is 26.7 Å². The molecule has 8 heteroatoms. The van der Waals surface area contributed by atoms with Gasteiger partial charge in [0.25, 0.3) is 5.91 Å². The van der Waals surface area contributed by atoms with Gasteiger partial charge in [-0.3, -0.25) is 4.79 Å². The highest BCUT2D eigenvalue weighted by Crippen LogP contribution is 2.32. The van der Waals surface area contributed by atoms with Gasteiger partial charge in [0, 0.05) is 16.3 Å². The first-order valence-corrected chi connectivity index (χ1v) is 11.1. The molecule has 1 amide bonds. The number of carbonyl (C=O) groups excluding carboxylic acids is 1. The molecule has 0 saturated carbocycles. The van der Waals surface area contributed by atoms with Crippen molar-refractivity contribution in [2.24, 2.45) is 0 Å². The van der Waals surface area contributed by atoms with Gasteiger partial charge in [0.1, 0.15) is 29.7 Å². The molecule has 0 aliphatic heterocycles. The Balaban J connectivity index is 1.80. The Labute approximate surface area is 209 Å². The number of ether oxygens (including phenoxy) is 4.